The van der Waals surface area contributed by atoms with Crippen LogP contribution in [-0.4, -0.2) is 46.6 Å². The summed E-state index contributed by atoms with van der Waals surface area (Å²) < 4.78 is 31.8. The van der Waals surface area contributed by atoms with Crippen molar-refractivity contribution in [3.8, 4) is 5.75 Å². The Balaban J connectivity index is 1.26. The number of halogens is 3. The third-order valence-corrected chi connectivity index (χ3v) is 7.65. The number of methoxy groups -OCH3 is 1. The van der Waals surface area contributed by atoms with Crippen LogP contribution in [0, 0.1) is 5.92 Å². The molecule has 2 amide bonds. The number of hydrogen-bond acceptors (Lipinski definition) is 6. The van der Waals surface area contributed by atoms with E-state index in [1.54, 1.807) is 35.2 Å². The van der Waals surface area contributed by atoms with Gasteiger partial charge in [-0.05, 0) is 55.9 Å². The molecule has 0 spiro atoms. The molecule has 1 aliphatic carbocycles. The fraction of sp³-hybridized carbons (Fsp3) is 0.357. The monoisotopic (exact) mass is 556 g/mol. The molecule has 2 N–H and O–H groups in total. The number of fused-ring (bicyclic) bond motifs is 1. The van der Waals surface area contributed by atoms with Crippen LogP contribution in [0.5, 0.6) is 5.75 Å². The molecule has 39 heavy (non-hydrogen) atoms. The third-order valence-electron chi connectivity index (χ3n) is 7.44. The largest absolute Gasteiger partial charge is 0.495 e. The Kier molecular flexibility index (Phi) is 7.51. The predicted octanol–water partition coefficient (Wildman–Crippen LogP) is 4.65. The number of carbonyl (C=O) groups is 2. The Morgan fingerprint density at radius 3 is 2.59 bits per heavy atom. The molecule has 3 aromatic rings. The minimum absolute atomic E-state index is 0.105. The van der Waals surface area contributed by atoms with Gasteiger partial charge in [0.25, 0.3) is 18.2 Å². The highest BCUT2D eigenvalue weighted by atomic mass is 35.5. The molecule has 2 aliphatic rings. The maximum absolute atomic E-state index is 13.7. The van der Waals surface area contributed by atoms with Crippen molar-refractivity contribution in [1.29, 1.82) is 0 Å². The maximum atomic E-state index is 13.7. The van der Waals surface area contributed by atoms with E-state index < -0.39 is 29.5 Å². The number of carbonyl (C=O) groups excluding carboxylic acids is 2. The standard InChI is InChI=1S/C28H27ClF2N4O4/c1-39-19-10-11-23(32-14-19)28(38)21-4-2-3-5-22(21)35(27(28)37)15-16-6-8-18(9-7-16)34-26(36)20-12-17(29)13-33-24(20)25(30)31/h2-5,10-14,16,18,25,38H,6-9,15H2,1H3,(H,34,36)/t16-,18-,28?. The zero-order valence-corrected chi connectivity index (χ0v) is 21.9. The van der Waals surface area contributed by atoms with Gasteiger partial charge >= 0.3 is 0 Å². The molecule has 0 saturated heterocycles. The van der Waals surface area contributed by atoms with Gasteiger partial charge in [-0.2, -0.15) is 0 Å². The van der Waals surface area contributed by atoms with Crippen LogP contribution in [0.1, 0.15) is 59.4 Å². The number of aromatic nitrogens is 2. The number of nitrogens with one attached hydrogen (secondary N) is 1. The molecule has 1 aromatic carbocycles. The predicted molar refractivity (Wildman–Crippen MR) is 140 cm³/mol. The number of hydrogen-bond donors (Lipinski definition) is 2. The van der Waals surface area contributed by atoms with Crippen LogP contribution in [0.3, 0.4) is 0 Å². The summed E-state index contributed by atoms with van der Waals surface area (Å²) in [5, 5.41) is 14.6. The Morgan fingerprint density at radius 2 is 1.92 bits per heavy atom. The van der Waals surface area contributed by atoms with E-state index in [2.05, 4.69) is 15.3 Å². The molecule has 0 bridgehead atoms. The van der Waals surface area contributed by atoms with Crippen LogP contribution >= 0.6 is 11.6 Å². The molecule has 1 aliphatic heterocycles. The first-order valence-corrected chi connectivity index (χ1v) is 13.0. The Labute approximate surface area is 229 Å². The summed E-state index contributed by atoms with van der Waals surface area (Å²) in [6.07, 6.45) is 2.29. The van der Waals surface area contributed by atoms with Gasteiger partial charge < -0.3 is 20.1 Å². The lowest BCUT2D eigenvalue weighted by Gasteiger charge is -2.32. The molecule has 11 heteroatoms. The van der Waals surface area contributed by atoms with Crippen molar-refractivity contribution in [2.45, 2.75) is 43.8 Å². The van der Waals surface area contributed by atoms with Crippen molar-refractivity contribution in [2.24, 2.45) is 5.92 Å². The molecule has 8 nitrogen and oxygen atoms in total. The smallest absolute Gasteiger partial charge is 0.281 e. The summed E-state index contributed by atoms with van der Waals surface area (Å²) in [5.41, 5.74) is -1.43. The van der Waals surface area contributed by atoms with Crippen molar-refractivity contribution in [3.63, 3.8) is 0 Å². The number of aliphatic hydroxyl groups is 1. The van der Waals surface area contributed by atoms with E-state index in [4.69, 9.17) is 16.3 Å². The molecule has 1 atom stereocenters. The third kappa shape index (κ3) is 5.06. The number of para-hydroxylation sites is 1. The highest BCUT2D eigenvalue weighted by Gasteiger charge is 2.52. The topological polar surface area (TPSA) is 105 Å². The van der Waals surface area contributed by atoms with E-state index in [1.807, 2.05) is 6.07 Å². The van der Waals surface area contributed by atoms with Crippen LogP contribution in [-0.2, 0) is 10.4 Å². The van der Waals surface area contributed by atoms with Crippen molar-refractivity contribution in [1.82, 2.24) is 15.3 Å². The van der Waals surface area contributed by atoms with Crippen molar-refractivity contribution >= 4 is 29.1 Å². The van der Waals surface area contributed by atoms with Gasteiger partial charge in [-0.1, -0.05) is 29.8 Å². The molecule has 5 rings (SSSR count). The molecular weight excluding hydrogens is 530 g/mol. The first-order valence-electron chi connectivity index (χ1n) is 12.6. The van der Waals surface area contributed by atoms with E-state index in [0.29, 0.717) is 49.2 Å². The van der Waals surface area contributed by atoms with Gasteiger partial charge in [-0.25, -0.2) is 8.78 Å². The van der Waals surface area contributed by atoms with Crippen molar-refractivity contribution < 1.29 is 28.2 Å². The fourth-order valence-corrected chi connectivity index (χ4v) is 5.55. The maximum Gasteiger partial charge on any atom is 0.281 e. The van der Waals surface area contributed by atoms with Crippen molar-refractivity contribution in [2.75, 3.05) is 18.6 Å². The van der Waals surface area contributed by atoms with Crippen LogP contribution < -0.4 is 15.0 Å². The van der Waals surface area contributed by atoms with E-state index in [-0.39, 0.29) is 28.2 Å². The Morgan fingerprint density at radius 1 is 1.18 bits per heavy atom. The number of benzene rings is 1. The Hall–Kier alpha value is -3.63. The summed E-state index contributed by atoms with van der Waals surface area (Å²) in [6.45, 7) is 0.392. The second-order valence-corrected chi connectivity index (χ2v) is 10.2. The summed E-state index contributed by atoms with van der Waals surface area (Å²) in [5.74, 6) is -0.473. The van der Waals surface area contributed by atoms with Gasteiger partial charge in [-0.15, -0.1) is 0 Å². The van der Waals surface area contributed by atoms with Crippen LogP contribution in [0.15, 0.2) is 54.9 Å². The summed E-state index contributed by atoms with van der Waals surface area (Å²) in [4.78, 5) is 35.9. The van der Waals surface area contributed by atoms with E-state index in [1.165, 1.54) is 19.4 Å². The number of pyridine rings is 2. The van der Waals surface area contributed by atoms with Crippen LogP contribution in [0.2, 0.25) is 5.02 Å². The summed E-state index contributed by atoms with van der Waals surface area (Å²) in [7, 11) is 1.51. The van der Waals surface area contributed by atoms with Crippen LogP contribution in [0.4, 0.5) is 14.5 Å². The number of alkyl halides is 2. The van der Waals surface area contributed by atoms with Gasteiger partial charge in [-0.3, -0.25) is 19.6 Å². The zero-order chi connectivity index (χ0) is 27.7. The Bertz CT molecular complexity index is 1380. The molecule has 1 saturated carbocycles. The summed E-state index contributed by atoms with van der Waals surface area (Å²) >= 11 is 5.88. The lowest BCUT2D eigenvalue weighted by molar-refractivity contribution is -0.132. The number of ether oxygens (including phenoxy) is 1. The molecular formula is C28H27ClF2N4O4. The average Bonchev–Trinajstić information content (AvgIpc) is 3.16. The first kappa shape index (κ1) is 27.0. The quantitative estimate of drug-likeness (QED) is 0.439. The van der Waals surface area contributed by atoms with E-state index >= 15 is 0 Å². The number of amides is 2. The van der Waals surface area contributed by atoms with Gasteiger partial charge in [0, 0.05) is 24.3 Å². The second kappa shape index (κ2) is 10.9. The van der Waals surface area contributed by atoms with Crippen LogP contribution in [0.25, 0.3) is 0 Å². The SMILES string of the molecule is COc1ccc(C2(O)C(=O)N(C[C@H]3CC[C@H](NC(=O)c4cc(Cl)cnc4C(F)F)CC3)c3ccccc32)nc1. The van der Waals surface area contributed by atoms with Gasteiger partial charge in [0.2, 0.25) is 5.60 Å². The second-order valence-electron chi connectivity index (χ2n) is 9.80. The van der Waals surface area contributed by atoms with Crippen molar-refractivity contribution in [3.05, 3.63) is 82.4 Å². The highest BCUT2D eigenvalue weighted by Crippen LogP contribution is 2.45. The van der Waals surface area contributed by atoms with E-state index in [9.17, 15) is 23.5 Å². The normalized spacial score (nSPS) is 22.6. The fourth-order valence-electron chi connectivity index (χ4n) is 5.40. The van der Waals surface area contributed by atoms with Gasteiger partial charge in [0.15, 0.2) is 0 Å². The molecule has 1 unspecified atom stereocenters. The summed E-state index contributed by atoms with van der Waals surface area (Å²) in [6, 6.07) is 11.3. The minimum atomic E-state index is -2.90. The molecule has 204 valence electrons. The lowest BCUT2D eigenvalue weighted by atomic mass is 9.85. The number of nitrogens with zero attached hydrogens (tertiary/aromatic N) is 3. The average molecular weight is 557 g/mol. The highest BCUT2D eigenvalue weighted by molar-refractivity contribution is 6.30. The first-order chi connectivity index (χ1) is 18.7. The molecule has 3 heterocycles. The zero-order valence-electron chi connectivity index (χ0n) is 21.1. The number of rotatable bonds is 7. The lowest BCUT2D eigenvalue weighted by Crippen LogP contribution is -2.45. The molecule has 0 radical (unpaired) electrons. The van der Waals surface area contributed by atoms with E-state index in [0.717, 1.165) is 6.20 Å². The molecule has 2 aromatic heterocycles. The minimum Gasteiger partial charge on any atom is -0.495 e. The van der Waals surface area contributed by atoms with Gasteiger partial charge in [0.05, 0.1) is 35.3 Å². The van der Waals surface area contributed by atoms with Gasteiger partial charge in [0.1, 0.15) is 11.4 Å². The molecule has 1 fully saturated rings. The number of anilines is 1.